The first-order valence-corrected chi connectivity index (χ1v) is 6.85. The summed E-state index contributed by atoms with van der Waals surface area (Å²) in [6.07, 6.45) is -0.871. The number of aliphatic hydroxyl groups excluding tert-OH is 1. The fourth-order valence-electron chi connectivity index (χ4n) is 1.79. The third-order valence-corrected chi connectivity index (χ3v) is 2.92. The molecule has 2 aromatic rings. The number of hydrogen-bond donors (Lipinski definition) is 1. The van der Waals surface area contributed by atoms with Gasteiger partial charge in [-0.25, -0.2) is 4.39 Å². The minimum atomic E-state index is -0.871. The normalized spacial score (nSPS) is 11.8. The fourth-order valence-corrected chi connectivity index (χ4v) is 1.79. The Bertz CT molecular complexity index is 642. The van der Waals surface area contributed by atoms with E-state index >= 15 is 0 Å². The summed E-state index contributed by atoms with van der Waals surface area (Å²) < 4.78 is 23.7. The van der Waals surface area contributed by atoms with Crippen LogP contribution in [0.1, 0.15) is 17.3 Å². The molecule has 0 aliphatic heterocycles. The van der Waals surface area contributed by atoms with E-state index in [-0.39, 0.29) is 19.0 Å². The Kier molecular flexibility index (Phi) is 5.49. The highest BCUT2D eigenvalue weighted by Gasteiger charge is 2.08. The SMILES string of the molecule is CC(=O)c1cccc(OCC(O)COc2cccc(F)c2)c1. The highest BCUT2D eigenvalue weighted by molar-refractivity contribution is 5.94. The molecule has 0 aliphatic rings. The molecule has 0 aromatic heterocycles. The number of ketones is 1. The van der Waals surface area contributed by atoms with Crippen molar-refractivity contribution in [1.29, 1.82) is 0 Å². The first-order valence-electron chi connectivity index (χ1n) is 6.85. The van der Waals surface area contributed by atoms with E-state index in [1.807, 2.05) is 0 Å². The van der Waals surface area contributed by atoms with Crippen molar-refractivity contribution >= 4 is 5.78 Å². The summed E-state index contributed by atoms with van der Waals surface area (Å²) in [5.74, 6) is 0.389. The molecule has 5 heteroatoms. The summed E-state index contributed by atoms with van der Waals surface area (Å²) in [4.78, 5) is 11.3. The number of hydrogen-bond acceptors (Lipinski definition) is 4. The number of halogens is 1. The zero-order valence-electron chi connectivity index (χ0n) is 12.2. The van der Waals surface area contributed by atoms with E-state index in [1.54, 1.807) is 30.3 Å². The lowest BCUT2D eigenvalue weighted by atomic mass is 10.1. The van der Waals surface area contributed by atoms with E-state index in [1.165, 1.54) is 25.1 Å². The molecular formula is C17H17FO4. The van der Waals surface area contributed by atoms with Gasteiger partial charge in [0, 0.05) is 11.6 Å². The maximum atomic E-state index is 13.0. The van der Waals surface area contributed by atoms with Crippen molar-refractivity contribution < 1.29 is 23.8 Å². The van der Waals surface area contributed by atoms with Gasteiger partial charge in [-0.2, -0.15) is 0 Å². The van der Waals surface area contributed by atoms with Crippen LogP contribution in [-0.4, -0.2) is 30.2 Å². The third-order valence-electron chi connectivity index (χ3n) is 2.92. The van der Waals surface area contributed by atoms with E-state index in [4.69, 9.17) is 9.47 Å². The van der Waals surface area contributed by atoms with Crippen molar-refractivity contribution in [3.05, 3.63) is 59.9 Å². The fraction of sp³-hybridized carbons (Fsp3) is 0.235. The van der Waals surface area contributed by atoms with Gasteiger partial charge in [-0.15, -0.1) is 0 Å². The van der Waals surface area contributed by atoms with Crippen LogP contribution in [-0.2, 0) is 0 Å². The number of carbonyl (C=O) groups excluding carboxylic acids is 1. The standard InChI is InChI=1S/C17H17FO4/c1-12(19)13-4-2-6-16(8-13)21-10-15(20)11-22-17-7-3-5-14(18)9-17/h2-9,15,20H,10-11H2,1H3. The van der Waals surface area contributed by atoms with Crippen molar-refractivity contribution in [2.45, 2.75) is 13.0 Å². The quantitative estimate of drug-likeness (QED) is 0.799. The second-order valence-corrected chi connectivity index (χ2v) is 4.82. The zero-order valence-corrected chi connectivity index (χ0v) is 12.2. The third kappa shape index (κ3) is 4.86. The Labute approximate surface area is 128 Å². The molecule has 0 spiro atoms. The molecule has 1 atom stereocenters. The molecule has 1 unspecified atom stereocenters. The van der Waals surface area contributed by atoms with Gasteiger partial charge in [-0.1, -0.05) is 18.2 Å². The lowest BCUT2D eigenvalue weighted by Gasteiger charge is -2.14. The van der Waals surface area contributed by atoms with Crippen LogP contribution in [0.2, 0.25) is 0 Å². The van der Waals surface area contributed by atoms with Gasteiger partial charge in [0.15, 0.2) is 5.78 Å². The van der Waals surface area contributed by atoms with Crippen LogP contribution < -0.4 is 9.47 Å². The molecule has 0 radical (unpaired) electrons. The lowest BCUT2D eigenvalue weighted by molar-refractivity contribution is 0.0625. The predicted molar refractivity (Wildman–Crippen MR) is 79.8 cm³/mol. The first-order chi connectivity index (χ1) is 10.5. The first kappa shape index (κ1) is 16.0. The molecule has 0 aliphatic carbocycles. The van der Waals surface area contributed by atoms with Crippen LogP contribution in [0.3, 0.4) is 0 Å². The summed E-state index contributed by atoms with van der Waals surface area (Å²) in [5, 5.41) is 9.81. The maximum absolute atomic E-state index is 13.0. The van der Waals surface area contributed by atoms with E-state index in [0.29, 0.717) is 17.1 Å². The topological polar surface area (TPSA) is 55.8 Å². The lowest BCUT2D eigenvalue weighted by Crippen LogP contribution is -2.25. The Morgan fingerprint density at radius 2 is 1.68 bits per heavy atom. The maximum Gasteiger partial charge on any atom is 0.159 e. The van der Waals surface area contributed by atoms with Crippen LogP contribution >= 0.6 is 0 Å². The van der Waals surface area contributed by atoms with Crippen molar-refractivity contribution in [3.63, 3.8) is 0 Å². The minimum Gasteiger partial charge on any atom is -0.491 e. The van der Waals surface area contributed by atoms with Gasteiger partial charge in [0.2, 0.25) is 0 Å². The summed E-state index contributed by atoms with van der Waals surface area (Å²) in [6.45, 7) is 1.47. The smallest absolute Gasteiger partial charge is 0.159 e. The number of benzene rings is 2. The monoisotopic (exact) mass is 304 g/mol. The molecule has 0 heterocycles. The molecule has 0 fully saturated rings. The molecule has 2 aromatic carbocycles. The Balaban J connectivity index is 1.81. The zero-order chi connectivity index (χ0) is 15.9. The predicted octanol–water partition coefficient (Wildman–Crippen LogP) is 2.85. The van der Waals surface area contributed by atoms with E-state index in [9.17, 15) is 14.3 Å². The van der Waals surface area contributed by atoms with Crippen LogP contribution in [0, 0.1) is 5.82 Å². The van der Waals surface area contributed by atoms with Gasteiger partial charge in [-0.05, 0) is 31.2 Å². The summed E-state index contributed by atoms with van der Waals surface area (Å²) in [6, 6.07) is 12.4. The molecule has 0 saturated carbocycles. The molecule has 0 amide bonds. The van der Waals surface area contributed by atoms with Gasteiger partial charge in [0.1, 0.15) is 36.6 Å². The number of Topliss-reactive ketones (excluding diaryl/α,β-unsaturated/α-hetero) is 1. The highest BCUT2D eigenvalue weighted by Crippen LogP contribution is 2.15. The van der Waals surface area contributed by atoms with Crippen LogP contribution in [0.5, 0.6) is 11.5 Å². The number of aliphatic hydroxyl groups is 1. The molecule has 0 bridgehead atoms. The van der Waals surface area contributed by atoms with E-state index in [2.05, 4.69) is 0 Å². The summed E-state index contributed by atoms with van der Waals surface area (Å²) in [5.41, 5.74) is 0.544. The van der Waals surface area contributed by atoms with Crippen molar-refractivity contribution in [1.82, 2.24) is 0 Å². The van der Waals surface area contributed by atoms with Gasteiger partial charge in [0.05, 0.1) is 0 Å². The Morgan fingerprint density at radius 3 is 2.27 bits per heavy atom. The molecule has 116 valence electrons. The van der Waals surface area contributed by atoms with Crippen molar-refractivity contribution in [2.24, 2.45) is 0 Å². The minimum absolute atomic E-state index is 0.0106. The van der Waals surface area contributed by atoms with Crippen LogP contribution in [0.25, 0.3) is 0 Å². The molecule has 1 N–H and O–H groups in total. The Morgan fingerprint density at radius 1 is 1.09 bits per heavy atom. The summed E-state index contributed by atoms with van der Waals surface area (Å²) >= 11 is 0. The molecule has 2 rings (SSSR count). The summed E-state index contributed by atoms with van der Waals surface area (Å²) in [7, 11) is 0. The number of carbonyl (C=O) groups is 1. The van der Waals surface area contributed by atoms with Gasteiger partial charge >= 0.3 is 0 Å². The number of ether oxygens (including phenoxy) is 2. The van der Waals surface area contributed by atoms with E-state index in [0.717, 1.165) is 0 Å². The molecule has 4 nitrogen and oxygen atoms in total. The largest absolute Gasteiger partial charge is 0.491 e. The van der Waals surface area contributed by atoms with Gasteiger partial charge < -0.3 is 14.6 Å². The average molecular weight is 304 g/mol. The second-order valence-electron chi connectivity index (χ2n) is 4.82. The van der Waals surface area contributed by atoms with Crippen LogP contribution in [0.15, 0.2) is 48.5 Å². The van der Waals surface area contributed by atoms with Gasteiger partial charge in [0.25, 0.3) is 0 Å². The van der Waals surface area contributed by atoms with E-state index < -0.39 is 11.9 Å². The van der Waals surface area contributed by atoms with Crippen molar-refractivity contribution in [2.75, 3.05) is 13.2 Å². The van der Waals surface area contributed by atoms with Crippen molar-refractivity contribution in [3.8, 4) is 11.5 Å². The second kappa shape index (κ2) is 7.56. The Hall–Kier alpha value is -2.40. The number of rotatable bonds is 7. The molecule has 0 saturated heterocycles. The molecular weight excluding hydrogens is 287 g/mol. The molecule has 22 heavy (non-hydrogen) atoms. The van der Waals surface area contributed by atoms with Gasteiger partial charge in [-0.3, -0.25) is 4.79 Å². The van der Waals surface area contributed by atoms with Crippen LogP contribution in [0.4, 0.5) is 4.39 Å². The highest BCUT2D eigenvalue weighted by atomic mass is 19.1. The average Bonchev–Trinajstić information content (AvgIpc) is 2.51.